The number of nitrogens with zero attached hydrogens (tertiary/aromatic N) is 4. The van der Waals surface area contributed by atoms with E-state index in [0.717, 1.165) is 12.0 Å². The molecule has 0 aliphatic carbocycles. The molecule has 1 saturated heterocycles. The van der Waals surface area contributed by atoms with Crippen LogP contribution in [0.15, 0.2) is 24.3 Å². The molecule has 1 aliphatic rings. The van der Waals surface area contributed by atoms with E-state index in [-0.39, 0.29) is 32.7 Å². The largest absolute Gasteiger partial charge is 0.480 e. The Balaban J connectivity index is 0.00000227. The van der Waals surface area contributed by atoms with Crippen molar-refractivity contribution in [3.63, 3.8) is 0 Å². The molecule has 12 nitrogen and oxygen atoms in total. The molecular formula is C24H41N5O7. The molecule has 36 heavy (non-hydrogen) atoms. The molecule has 1 aromatic rings. The van der Waals surface area contributed by atoms with Gasteiger partial charge in [-0.05, 0) is 38.4 Å². The van der Waals surface area contributed by atoms with Gasteiger partial charge in [0, 0.05) is 63.6 Å². The van der Waals surface area contributed by atoms with Crippen LogP contribution in [0.1, 0.15) is 24.2 Å². The Morgan fingerprint density at radius 3 is 1.58 bits per heavy atom. The van der Waals surface area contributed by atoms with Crippen LogP contribution in [-0.2, 0) is 9.59 Å². The van der Waals surface area contributed by atoms with Crippen molar-refractivity contribution in [1.29, 1.82) is 0 Å². The molecule has 1 heterocycles. The summed E-state index contributed by atoms with van der Waals surface area (Å²) in [6.45, 7) is 6.00. The Morgan fingerprint density at radius 2 is 1.17 bits per heavy atom. The molecule has 1 aromatic carbocycles. The van der Waals surface area contributed by atoms with Crippen molar-refractivity contribution in [1.82, 2.24) is 20.0 Å². The van der Waals surface area contributed by atoms with Crippen LogP contribution in [-0.4, -0.2) is 134 Å². The van der Waals surface area contributed by atoms with Crippen LogP contribution in [0.2, 0.25) is 0 Å². The fraction of sp³-hybridized carbons (Fsp3) is 0.583. The first kappa shape index (κ1) is 32.8. The Kier molecular flexibility index (Phi) is 17.3. The lowest BCUT2D eigenvalue weighted by Crippen LogP contribution is -2.48. The zero-order valence-electron chi connectivity index (χ0n) is 21.7. The molecule has 0 radical (unpaired) electrons. The van der Waals surface area contributed by atoms with Crippen molar-refractivity contribution in [2.75, 3.05) is 84.4 Å². The molecule has 0 unspecified atom stereocenters. The van der Waals surface area contributed by atoms with Crippen LogP contribution < -0.4 is 10.2 Å². The summed E-state index contributed by atoms with van der Waals surface area (Å²) in [6.07, 6.45) is -0.347. The summed E-state index contributed by atoms with van der Waals surface area (Å²) in [6, 6.07) is 6.89. The van der Waals surface area contributed by atoms with Crippen LogP contribution in [0, 0.1) is 0 Å². The summed E-state index contributed by atoms with van der Waals surface area (Å²) < 4.78 is 0. The Bertz CT molecular complexity index is 792. The number of rotatable bonds is 6. The molecule has 0 bridgehead atoms. The topological polar surface area (TPSA) is 154 Å². The number of nitrogens with one attached hydrogen (secondary N) is 1. The van der Waals surface area contributed by atoms with Gasteiger partial charge in [0.15, 0.2) is 0 Å². The van der Waals surface area contributed by atoms with Crippen molar-refractivity contribution in [3.8, 4) is 0 Å². The second-order valence-corrected chi connectivity index (χ2v) is 7.81. The van der Waals surface area contributed by atoms with Crippen molar-refractivity contribution in [3.05, 3.63) is 29.8 Å². The van der Waals surface area contributed by atoms with Crippen LogP contribution in [0.25, 0.3) is 0 Å². The highest BCUT2D eigenvalue weighted by Crippen LogP contribution is 2.15. The standard InChI is InChI=1S/C20H28N4O7.C2H7N.C2H6/c25-15-16-1-3-17(4-2-16)23-9-7-21(13-18(26)27)5-6-22(14-19(28)29)8-10-24(12-11-23)20(30)31;1-3-2;1-2/h1-4,15H,5-14H2,(H,26,27)(H,28,29)(H,30,31);3H,1-2H3;1-2H3. The Labute approximate surface area is 213 Å². The average Bonchev–Trinajstić information content (AvgIpc) is 2.83. The lowest BCUT2D eigenvalue weighted by molar-refractivity contribution is -0.140. The predicted octanol–water partition coefficient (Wildman–Crippen LogP) is 0.934. The molecule has 0 aromatic heterocycles. The molecule has 1 fully saturated rings. The third kappa shape index (κ3) is 13.6. The number of carboxylic acid groups (broad SMARTS) is 3. The monoisotopic (exact) mass is 511 g/mol. The maximum Gasteiger partial charge on any atom is 0.407 e. The maximum absolute atomic E-state index is 11.7. The van der Waals surface area contributed by atoms with Gasteiger partial charge in [0.2, 0.25) is 0 Å². The number of carboxylic acids is 2. The fourth-order valence-electron chi connectivity index (χ4n) is 3.41. The summed E-state index contributed by atoms with van der Waals surface area (Å²) in [5, 5.41) is 30.7. The van der Waals surface area contributed by atoms with E-state index in [4.69, 9.17) is 5.11 Å². The minimum absolute atomic E-state index is 0.138. The summed E-state index contributed by atoms with van der Waals surface area (Å²) in [4.78, 5) is 51.6. The predicted molar refractivity (Wildman–Crippen MR) is 138 cm³/mol. The van der Waals surface area contributed by atoms with Gasteiger partial charge < -0.3 is 30.4 Å². The lowest BCUT2D eigenvalue weighted by atomic mass is 10.2. The molecule has 0 atom stereocenters. The number of hydrogen-bond acceptors (Lipinski definition) is 8. The summed E-state index contributed by atoms with van der Waals surface area (Å²) in [5.74, 6) is -2.00. The molecule has 2 rings (SSSR count). The molecule has 0 saturated carbocycles. The number of anilines is 1. The summed E-state index contributed by atoms with van der Waals surface area (Å²) >= 11 is 0. The number of hydrogen-bond donors (Lipinski definition) is 4. The molecule has 12 heteroatoms. The quantitative estimate of drug-likeness (QED) is 0.403. The summed E-state index contributed by atoms with van der Waals surface area (Å²) in [7, 11) is 3.75. The normalized spacial score (nSPS) is 15.7. The average molecular weight is 512 g/mol. The van der Waals surface area contributed by atoms with Gasteiger partial charge in [-0.3, -0.25) is 24.2 Å². The first-order valence-electron chi connectivity index (χ1n) is 11.9. The van der Waals surface area contributed by atoms with E-state index < -0.39 is 18.0 Å². The smallest absolute Gasteiger partial charge is 0.407 e. The zero-order valence-corrected chi connectivity index (χ0v) is 21.7. The second-order valence-electron chi connectivity index (χ2n) is 7.81. The van der Waals surface area contributed by atoms with Crippen LogP contribution in [0.3, 0.4) is 0 Å². The van der Waals surface area contributed by atoms with Crippen LogP contribution >= 0.6 is 0 Å². The van der Waals surface area contributed by atoms with E-state index in [1.165, 1.54) is 4.90 Å². The van der Waals surface area contributed by atoms with E-state index in [1.807, 2.05) is 32.8 Å². The number of benzene rings is 1. The molecule has 4 N–H and O–H groups in total. The molecule has 204 valence electrons. The Hall–Kier alpha value is -3.22. The second kappa shape index (κ2) is 19.0. The van der Waals surface area contributed by atoms with E-state index >= 15 is 0 Å². The maximum atomic E-state index is 11.7. The minimum Gasteiger partial charge on any atom is -0.480 e. The third-order valence-corrected chi connectivity index (χ3v) is 5.13. The van der Waals surface area contributed by atoms with Gasteiger partial charge in [-0.25, -0.2) is 4.79 Å². The van der Waals surface area contributed by atoms with Gasteiger partial charge in [-0.2, -0.15) is 0 Å². The highest BCUT2D eigenvalue weighted by atomic mass is 16.4. The SMILES string of the molecule is CC.CNC.O=Cc1ccc(N2CCN(CC(=O)O)CCN(CC(=O)O)CCN(C(=O)O)CC2)cc1. The van der Waals surface area contributed by atoms with Crippen LogP contribution in [0.4, 0.5) is 10.5 Å². The van der Waals surface area contributed by atoms with Gasteiger partial charge in [0.05, 0.1) is 13.1 Å². The molecule has 1 amide bonds. The minimum atomic E-state index is -1.09. The van der Waals surface area contributed by atoms with Gasteiger partial charge in [-0.1, -0.05) is 13.8 Å². The third-order valence-electron chi connectivity index (χ3n) is 5.13. The summed E-state index contributed by atoms with van der Waals surface area (Å²) in [5.41, 5.74) is 1.33. The van der Waals surface area contributed by atoms with Crippen molar-refractivity contribution in [2.24, 2.45) is 0 Å². The number of amides is 1. The van der Waals surface area contributed by atoms with Gasteiger partial charge in [0.1, 0.15) is 6.29 Å². The molecular weight excluding hydrogens is 470 g/mol. The lowest BCUT2D eigenvalue weighted by Gasteiger charge is -2.33. The van der Waals surface area contributed by atoms with Gasteiger partial charge in [0.25, 0.3) is 0 Å². The van der Waals surface area contributed by atoms with E-state index in [9.17, 15) is 29.4 Å². The van der Waals surface area contributed by atoms with Crippen molar-refractivity contribution < 1.29 is 34.5 Å². The number of aliphatic carboxylic acids is 2. The van der Waals surface area contributed by atoms with E-state index in [0.29, 0.717) is 38.3 Å². The van der Waals surface area contributed by atoms with Crippen LogP contribution in [0.5, 0.6) is 0 Å². The molecule has 0 spiro atoms. The first-order chi connectivity index (χ1) is 17.2. The number of carbonyl (C=O) groups is 4. The number of aldehydes is 1. The van der Waals surface area contributed by atoms with E-state index in [2.05, 4.69) is 5.32 Å². The highest BCUT2D eigenvalue weighted by molar-refractivity contribution is 5.75. The first-order valence-corrected chi connectivity index (χ1v) is 11.9. The van der Waals surface area contributed by atoms with Crippen molar-refractivity contribution >= 4 is 30.0 Å². The number of carbonyl (C=O) groups excluding carboxylic acids is 1. The fourth-order valence-corrected chi connectivity index (χ4v) is 3.41. The highest BCUT2D eigenvalue weighted by Gasteiger charge is 2.21. The van der Waals surface area contributed by atoms with Gasteiger partial charge in [-0.15, -0.1) is 0 Å². The van der Waals surface area contributed by atoms with E-state index in [1.54, 1.807) is 34.1 Å². The Morgan fingerprint density at radius 1 is 0.778 bits per heavy atom. The molecule has 1 aliphatic heterocycles. The van der Waals surface area contributed by atoms with Crippen molar-refractivity contribution in [2.45, 2.75) is 13.8 Å². The zero-order chi connectivity index (χ0) is 27.5. The van der Waals surface area contributed by atoms with Gasteiger partial charge >= 0.3 is 18.0 Å².